The van der Waals surface area contributed by atoms with Crippen LogP contribution in [0.5, 0.6) is 0 Å². The molecule has 14 heavy (non-hydrogen) atoms. The van der Waals surface area contributed by atoms with Crippen molar-refractivity contribution >= 4 is 11.8 Å². The number of rotatable bonds is 2. The highest BCUT2D eigenvalue weighted by Gasteiger charge is 2.17. The van der Waals surface area contributed by atoms with Crippen molar-refractivity contribution in [2.45, 2.75) is 26.3 Å². The molecule has 0 fully saturated rings. The minimum Gasteiger partial charge on any atom is -0.450 e. The maximum atomic E-state index is 11.1. The largest absolute Gasteiger partial charge is 0.450 e. The van der Waals surface area contributed by atoms with Crippen LogP contribution in [0.25, 0.3) is 0 Å². The summed E-state index contributed by atoms with van der Waals surface area (Å²) in [6.45, 7) is 3.11. The molecule has 0 aromatic carbocycles. The molecule has 0 aliphatic carbocycles. The Morgan fingerprint density at radius 1 is 1.79 bits per heavy atom. The van der Waals surface area contributed by atoms with Crippen molar-refractivity contribution in [3.63, 3.8) is 0 Å². The zero-order chi connectivity index (χ0) is 9.97. The van der Waals surface area contributed by atoms with Crippen molar-refractivity contribution in [3.05, 3.63) is 11.9 Å². The molecule has 0 radical (unpaired) electrons. The van der Waals surface area contributed by atoms with Crippen LogP contribution in [0.3, 0.4) is 0 Å². The summed E-state index contributed by atoms with van der Waals surface area (Å²) in [6, 6.07) is 0. The molecule has 0 bridgehead atoms. The van der Waals surface area contributed by atoms with E-state index in [0.29, 0.717) is 6.61 Å². The smallest absolute Gasteiger partial charge is 0.411 e. The van der Waals surface area contributed by atoms with Gasteiger partial charge >= 0.3 is 6.09 Å². The van der Waals surface area contributed by atoms with Gasteiger partial charge in [0.05, 0.1) is 24.2 Å². The molecule has 0 unspecified atom stereocenters. The molecule has 5 nitrogen and oxygen atoms in total. The van der Waals surface area contributed by atoms with E-state index in [2.05, 4.69) is 10.4 Å². The lowest BCUT2D eigenvalue weighted by Crippen LogP contribution is -2.13. The second-order valence-corrected chi connectivity index (χ2v) is 3.18. The molecular formula is C9H13N3O2. The third kappa shape index (κ3) is 1.57. The van der Waals surface area contributed by atoms with Crippen molar-refractivity contribution in [1.82, 2.24) is 9.78 Å². The summed E-state index contributed by atoms with van der Waals surface area (Å²) in [4.78, 5) is 11.1. The van der Waals surface area contributed by atoms with Crippen LogP contribution in [-0.4, -0.2) is 22.5 Å². The molecule has 2 rings (SSSR count). The van der Waals surface area contributed by atoms with Crippen molar-refractivity contribution in [3.8, 4) is 0 Å². The number of amides is 1. The van der Waals surface area contributed by atoms with Gasteiger partial charge in [-0.3, -0.25) is 10.00 Å². The lowest BCUT2D eigenvalue weighted by atomic mass is 10.3. The molecule has 0 spiro atoms. The predicted molar refractivity (Wildman–Crippen MR) is 51.2 cm³/mol. The minimum atomic E-state index is -0.407. The van der Waals surface area contributed by atoms with E-state index < -0.39 is 6.09 Å². The van der Waals surface area contributed by atoms with Gasteiger partial charge in [-0.25, -0.2) is 4.79 Å². The van der Waals surface area contributed by atoms with E-state index >= 15 is 0 Å². The summed E-state index contributed by atoms with van der Waals surface area (Å²) >= 11 is 0. The number of carbonyl (C=O) groups excluding carboxylic acids is 1. The van der Waals surface area contributed by atoms with Gasteiger partial charge in [0.1, 0.15) is 0 Å². The van der Waals surface area contributed by atoms with E-state index in [9.17, 15) is 4.79 Å². The summed E-state index contributed by atoms with van der Waals surface area (Å²) in [5.74, 6) is 0. The zero-order valence-electron chi connectivity index (χ0n) is 8.12. The summed E-state index contributed by atoms with van der Waals surface area (Å²) in [5, 5.41) is 6.83. The van der Waals surface area contributed by atoms with Gasteiger partial charge < -0.3 is 4.74 Å². The van der Waals surface area contributed by atoms with Crippen molar-refractivity contribution in [2.24, 2.45) is 0 Å². The highest BCUT2D eigenvalue weighted by Crippen LogP contribution is 2.22. The molecule has 2 heterocycles. The number of hydrogen-bond acceptors (Lipinski definition) is 3. The second-order valence-electron chi connectivity index (χ2n) is 3.18. The predicted octanol–water partition coefficient (Wildman–Crippen LogP) is 1.40. The van der Waals surface area contributed by atoms with Crippen LogP contribution < -0.4 is 5.32 Å². The first kappa shape index (κ1) is 9.05. The molecule has 0 saturated carbocycles. The van der Waals surface area contributed by atoms with Crippen LogP contribution in [0.15, 0.2) is 6.20 Å². The zero-order valence-corrected chi connectivity index (χ0v) is 8.12. The Morgan fingerprint density at radius 2 is 2.64 bits per heavy atom. The standard InChI is InChI=1S/C9H13N3O2/c1-2-14-9(13)11-7-6-10-12-5-3-4-8(7)12/h6H,2-5H2,1H3,(H,11,13). The lowest BCUT2D eigenvalue weighted by Gasteiger charge is -2.03. The molecule has 1 aliphatic heterocycles. The van der Waals surface area contributed by atoms with Gasteiger partial charge in [0, 0.05) is 6.54 Å². The Hall–Kier alpha value is -1.52. The maximum absolute atomic E-state index is 11.1. The van der Waals surface area contributed by atoms with Gasteiger partial charge in [-0.1, -0.05) is 0 Å². The van der Waals surface area contributed by atoms with Crippen LogP contribution in [0.2, 0.25) is 0 Å². The Balaban J connectivity index is 2.06. The third-order valence-electron chi connectivity index (χ3n) is 2.24. The van der Waals surface area contributed by atoms with Crippen LogP contribution in [-0.2, 0) is 17.7 Å². The van der Waals surface area contributed by atoms with Crippen molar-refractivity contribution < 1.29 is 9.53 Å². The molecule has 1 N–H and O–H groups in total. The fraction of sp³-hybridized carbons (Fsp3) is 0.556. The molecule has 1 aliphatic rings. The van der Waals surface area contributed by atoms with Crippen LogP contribution in [0.1, 0.15) is 19.0 Å². The van der Waals surface area contributed by atoms with E-state index in [1.54, 1.807) is 13.1 Å². The molecule has 1 amide bonds. The summed E-state index contributed by atoms with van der Waals surface area (Å²) in [7, 11) is 0. The number of nitrogens with zero attached hydrogens (tertiary/aromatic N) is 2. The highest BCUT2D eigenvalue weighted by atomic mass is 16.5. The molecule has 1 aromatic rings. The Morgan fingerprint density at radius 3 is 3.43 bits per heavy atom. The number of carbonyl (C=O) groups is 1. The van der Waals surface area contributed by atoms with E-state index in [0.717, 1.165) is 30.8 Å². The van der Waals surface area contributed by atoms with Gasteiger partial charge in [-0.15, -0.1) is 0 Å². The number of aromatic nitrogens is 2. The fourth-order valence-electron chi connectivity index (χ4n) is 1.64. The first-order valence-corrected chi connectivity index (χ1v) is 4.79. The van der Waals surface area contributed by atoms with Gasteiger partial charge in [0.2, 0.25) is 0 Å². The van der Waals surface area contributed by atoms with Gasteiger partial charge in [-0.05, 0) is 19.8 Å². The molecule has 1 aromatic heterocycles. The van der Waals surface area contributed by atoms with Gasteiger partial charge in [-0.2, -0.15) is 5.10 Å². The molecular weight excluding hydrogens is 182 g/mol. The van der Waals surface area contributed by atoms with E-state index in [1.165, 1.54) is 0 Å². The number of nitrogens with one attached hydrogen (secondary N) is 1. The Kier molecular flexibility index (Phi) is 2.39. The van der Waals surface area contributed by atoms with Crippen molar-refractivity contribution in [1.29, 1.82) is 0 Å². The van der Waals surface area contributed by atoms with E-state index in [1.807, 2.05) is 4.68 Å². The second kappa shape index (κ2) is 3.69. The van der Waals surface area contributed by atoms with E-state index in [-0.39, 0.29) is 0 Å². The SMILES string of the molecule is CCOC(=O)Nc1cnn2c1CCC2. The number of ether oxygens (including phenoxy) is 1. The fourth-order valence-corrected chi connectivity index (χ4v) is 1.64. The number of anilines is 1. The van der Waals surface area contributed by atoms with Gasteiger partial charge in [0.25, 0.3) is 0 Å². The average Bonchev–Trinajstić information content (AvgIpc) is 2.70. The maximum Gasteiger partial charge on any atom is 0.411 e. The monoisotopic (exact) mass is 195 g/mol. The quantitative estimate of drug-likeness (QED) is 0.776. The summed E-state index contributed by atoms with van der Waals surface area (Å²) in [6.07, 6.45) is 3.34. The molecule has 0 atom stereocenters. The highest BCUT2D eigenvalue weighted by molar-refractivity contribution is 5.85. The molecule has 0 saturated heterocycles. The number of fused-ring (bicyclic) bond motifs is 1. The first-order chi connectivity index (χ1) is 6.81. The molecule has 5 heteroatoms. The lowest BCUT2D eigenvalue weighted by molar-refractivity contribution is 0.168. The van der Waals surface area contributed by atoms with E-state index in [4.69, 9.17) is 4.74 Å². The number of aryl methyl sites for hydroxylation is 1. The van der Waals surface area contributed by atoms with Crippen LogP contribution in [0.4, 0.5) is 10.5 Å². The average molecular weight is 195 g/mol. The topological polar surface area (TPSA) is 56.1 Å². The minimum absolute atomic E-state index is 0.384. The van der Waals surface area contributed by atoms with Gasteiger partial charge in [0.15, 0.2) is 0 Å². The van der Waals surface area contributed by atoms with Crippen LogP contribution >= 0.6 is 0 Å². The third-order valence-corrected chi connectivity index (χ3v) is 2.24. The molecule has 76 valence electrons. The summed E-state index contributed by atoms with van der Waals surface area (Å²) in [5.41, 5.74) is 1.87. The van der Waals surface area contributed by atoms with Crippen molar-refractivity contribution in [2.75, 3.05) is 11.9 Å². The number of hydrogen-bond donors (Lipinski definition) is 1. The summed E-state index contributed by atoms with van der Waals surface area (Å²) < 4.78 is 6.71. The van der Waals surface area contributed by atoms with Crippen LogP contribution in [0, 0.1) is 0 Å². The normalized spacial score (nSPS) is 13.8. The first-order valence-electron chi connectivity index (χ1n) is 4.79. The Labute approximate surface area is 82.0 Å². The Bertz CT molecular complexity index is 346.